The van der Waals surface area contributed by atoms with Gasteiger partial charge in [0.05, 0.1) is 6.04 Å². The molecule has 2 rings (SSSR count). The minimum Gasteiger partial charge on any atom is -0.444 e. The van der Waals surface area contributed by atoms with E-state index in [0.29, 0.717) is 17.6 Å². The van der Waals surface area contributed by atoms with Crippen molar-refractivity contribution in [3.05, 3.63) is 23.9 Å². The van der Waals surface area contributed by atoms with Gasteiger partial charge in [-0.1, -0.05) is 17.3 Å². The molecule has 0 saturated carbocycles. The molecular formula is C15H23N3O3. The van der Waals surface area contributed by atoms with Crippen molar-refractivity contribution in [2.75, 3.05) is 0 Å². The summed E-state index contributed by atoms with van der Waals surface area (Å²) in [6.45, 7) is 7.25. The Morgan fingerprint density at radius 3 is 2.95 bits per heavy atom. The minimum atomic E-state index is -0.527. The predicted molar refractivity (Wildman–Crippen MR) is 77.7 cm³/mol. The lowest BCUT2D eigenvalue weighted by atomic mass is 10.1. The number of alkyl carbamates (subject to hydrolysis) is 1. The largest absolute Gasteiger partial charge is 0.444 e. The fourth-order valence-corrected chi connectivity index (χ4v) is 2.17. The van der Waals surface area contributed by atoms with E-state index in [2.05, 4.69) is 27.6 Å². The van der Waals surface area contributed by atoms with Crippen molar-refractivity contribution in [2.24, 2.45) is 5.92 Å². The van der Waals surface area contributed by atoms with E-state index >= 15 is 0 Å². The van der Waals surface area contributed by atoms with Gasteiger partial charge >= 0.3 is 6.09 Å². The number of carbonyl (C=O) groups excluding carboxylic acids is 1. The number of carbonyl (C=O) groups is 1. The maximum absolute atomic E-state index is 11.7. The van der Waals surface area contributed by atoms with Crippen LogP contribution in [0.4, 0.5) is 4.79 Å². The standard InChI is InChI=1S/C15H23N3O3/c1-10(16-14(19)20-15(2,3)4)13-17-12(21-18-13)9-11-7-5-6-8-11/h5,7,10-11H,6,8-9H2,1-4H3,(H,16,19)/t10-,11-/m0/s1. The van der Waals surface area contributed by atoms with Crippen LogP contribution in [0.3, 0.4) is 0 Å². The van der Waals surface area contributed by atoms with Crippen molar-refractivity contribution in [3.8, 4) is 0 Å². The molecule has 1 aromatic heterocycles. The van der Waals surface area contributed by atoms with Crippen molar-refractivity contribution >= 4 is 6.09 Å². The van der Waals surface area contributed by atoms with E-state index in [0.717, 1.165) is 19.3 Å². The van der Waals surface area contributed by atoms with Crippen LogP contribution in [0.15, 0.2) is 16.7 Å². The first kappa shape index (κ1) is 15.5. The molecule has 6 nitrogen and oxygen atoms in total. The number of hydrogen-bond donors (Lipinski definition) is 1. The Hall–Kier alpha value is -1.85. The average molecular weight is 293 g/mol. The van der Waals surface area contributed by atoms with E-state index in [1.807, 2.05) is 20.8 Å². The number of nitrogens with one attached hydrogen (secondary N) is 1. The fraction of sp³-hybridized carbons (Fsp3) is 0.667. The van der Waals surface area contributed by atoms with Gasteiger partial charge in [0.25, 0.3) is 0 Å². The Labute approximate surface area is 124 Å². The van der Waals surface area contributed by atoms with E-state index in [4.69, 9.17) is 9.26 Å². The zero-order valence-electron chi connectivity index (χ0n) is 13.0. The van der Waals surface area contributed by atoms with Gasteiger partial charge in [-0.05, 0) is 46.5 Å². The van der Waals surface area contributed by atoms with Crippen LogP contribution in [0, 0.1) is 5.92 Å². The highest BCUT2D eigenvalue weighted by molar-refractivity contribution is 5.68. The van der Waals surface area contributed by atoms with Crippen molar-refractivity contribution in [1.82, 2.24) is 15.5 Å². The second kappa shape index (κ2) is 6.28. The van der Waals surface area contributed by atoms with Crippen LogP contribution in [0.1, 0.15) is 58.3 Å². The average Bonchev–Trinajstić information content (AvgIpc) is 2.98. The van der Waals surface area contributed by atoms with Gasteiger partial charge in [-0.15, -0.1) is 0 Å². The van der Waals surface area contributed by atoms with Crippen LogP contribution in [-0.4, -0.2) is 21.8 Å². The molecule has 1 aromatic rings. The molecular weight excluding hydrogens is 270 g/mol. The quantitative estimate of drug-likeness (QED) is 0.863. The molecule has 1 N–H and O–H groups in total. The minimum absolute atomic E-state index is 0.350. The van der Waals surface area contributed by atoms with Crippen molar-refractivity contribution in [3.63, 3.8) is 0 Å². The Bertz CT molecular complexity index is 516. The van der Waals surface area contributed by atoms with Gasteiger partial charge in [0, 0.05) is 6.42 Å². The van der Waals surface area contributed by atoms with E-state index in [9.17, 15) is 4.79 Å². The highest BCUT2D eigenvalue weighted by Gasteiger charge is 2.22. The van der Waals surface area contributed by atoms with Crippen molar-refractivity contribution < 1.29 is 14.1 Å². The predicted octanol–water partition coefficient (Wildman–Crippen LogP) is 3.16. The molecule has 0 fully saturated rings. The van der Waals surface area contributed by atoms with Gasteiger partial charge in [-0.25, -0.2) is 4.79 Å². The second-order valence-corrected chi connectivity index (χ2v) is 6.38. The third-order valence-corrected chi connectivity index (χ3v) is 3.15. The zero-order valence-corrected chi connectivity index (χ0v) is 13.0. The molecule has 6 heteroatoms. The highest BCUT2D eigenvalue weighted by atomic mass is 16.6. The maximum Gasteiger partial charge on any atom is 0.408 e. The zero-order chi connectivity index (χ0) is 15.5. The molecule has 116 valence electrons. The Balaban J connectivity index is 1.87. The van der Waals surface area contributed by atoms with Crippen LogP contribution in [-0.2, 0) is 11.2 Å². The molecule has 1 aliphatic carbocycles. The molecule has 0 aromatic carbocycles. The SMILES string of the molecule is C[C@H](NC(=O)OC(C)(C)C)c1noc(C[C@H]2C=CCC2)n1. The molecule has 0 saturated heterocycles. The van der Waals surface area contributed by atoms with Gasteiger partial charge in [-0.2, -0.15) is 4.98 Å². The van der Waals surface area contributed by atoms with Crippen LogP contribution in [0.2, 0.25) is 0 Å². The van der Waals surface area contributed by atoms with Gasteiger partial charge in [0.15, 0.2) is 5.82 Å². The summed E-state index contributed by atoms with van der Waals surface area (Å²) < 4.78 is 10.4. The van der Waals surface area contributed by atoms with E-state index in [1.54, 1.807) is 6.92 Å². The van der Waals surface area contributed by atoms with Gasteiger partial charge in [0.2, 0.25) is 5.89 Å². The van der Waals surface area contributed by atoms with Crippen LogP contribution in [0.25, 0.3) is 0 Å². The second-order valence-electron chi connectivity index (χ2n) is 6.38. The molecule has 0 radical (unpaired) electrons. The molecule has 0 unspecified atom stereocenters. The van der Waals surface area contributed by atoms with Crippen molar-refractivity contribution in [2.45, 2.75) is 58.6 Å². The summed E-state index contributed by atoms with van der Waals surface area (Å²) in [5.74, 6) is 1.56. The molecule has 0 aliphatic heterocycles. The van der Waals surface area contributed by atoms with E-state index in [1.165, 1.54) is 0 Å². The molecule has 2 atom stereocenters. The first-order valence-corrected chi connectivity index (χ1v) is 7.32. The van der Waals surface area contributed by atoms with Crippen molar-refractivity contribution in [1.29, 1.82) is 0 Å². The number of rotatable bonds is 4. The summed E-state index contributed by atoms with van der Waals surface area (Å²) in [7, 11) is 0. The smallest absolute Gasteiger partial charge is 0.408 e. The number of amides is 1. The van der Waals surface area contributed by atoms with Crippen LogP contribution >= 0.6 is 0 Å². The third-order valence-electron chi connectivity index (χ3n) is 3.15. The number of hydrogen-bond acceptors (Lipinski definition) is 5. The first-order valence-electron chi connectivity index (χ1n) is 7.32. The van der Waals surface area contributed by atoms with Crippen LogP contribution < -0.4 is 5.32 Å². The highest BCUT2D eigenvalue weighted by Crippen LogP contribution is 2.21. The van der Waals surface area contributed by atoms with Gasteiger partial charge in [0.1, 0.15) is 5.60 Å². The maximum atomic E-state index is 11.7. The molecule has 0 spiro atoms. The molecule has 1 amide bonds. The monoisotopic (exact) mass is 293 g/mol. The van der Waals surface area contributed by atoms with Gasteiger partial charge < -0.3 is 14.6 Å². The molecule has 1 aliphatic rings. The number of aromatic nitrogens is 2. The van der Waals surface area contributed by atoms with E-state index < -0.39 is 11.7 Å². The Kier molecular flexibility index (Phi) is 4.65. The lowest BCUT2D eigenvalue weighted by Gasteiger charge is -2.20. The Morgan fingerprint density at radius 1 is 1.57 bits per heavy atom. The summed E-state index contributed by atoms with van der Waals surface area (Å²) >= 11 is 0. The summed E-state index contributed by atoms with van der Waals surface area (Å²) in [4.78, 5) is 16.0. The topological polar surface area (TPSA) is 77.2 Å². The number of allylic oxidation sites excluding steroid dienone is 2. The summed E-state index contributed by atoms with van der Waals surface area (Å²) in [5, 5.41) is 6.63. The summed E-state index contributed by atoms with van der Waals surface area (Å²) in [5.41, 5.74) is -0.527. The molecule has 1 heterocycles. The third kappa shape index (κ3) is 4.88. The van der Waals surface area contributed by atoms with Crippen LogP contribution in [0.5, 0.6) is 0 Å². The molecule has 21 heavy (non-hydrogen) atoms. The lowest BCUT2D eigenvalue weighted by molar-refractivity contribution is 0.0505. The van der Waals surface area contributed by atoms with E-state index in [-0.39, 0.29) is 6.04 Å². The number of nitrogens with zero attached hydrogens (tertiary/aromatic N) is 2. The molecule has 0 bridgehead atoms. The van der Waals surface area contributed by atoms with Gasteiger partial charge in [-0.3, -0.25) is 0 Å². The summed E-state index contributed by atoms with van der Waals surface area (Å²) in [6.07, 6.45) is 6.87. The number of ether oxygens (including phenoxy) is 1. The lowest BCUT2D eigenvalue weighted by Crippen LogP contribution is -2.34. The normalized spacial score (nSPS) is 19.5. The first-order chi connectivity index (χ1) is 9.83. The summed E-state index contributed by atoms with van der Waals surface area (Å²) in [6, 6.07) is -0.350. The fourth-order valence-electron chi connectivity index (χ4n) is 2.17. The Morgan fingerprint density at radius 2 is 2.33 bits per heavy atom.